The lowest BCUT2D eigenvalue weighted by Gasteiger charge is -2.03. The Kier molecular flexibility index (Phi) is 5.04. The molecule has 0 saturated heterocycles. The predicted octanol–water partition coefficient (Wildman–Crippen LogP) is 5.30. The van der Waals surface area contributed by atoms with Gasteiger partial charge in [-0.05, 0) is 43.3 Å². The molecule has 0 aliphatic rings. The van der Waals surface area contributed by atoms with Crippen molar-refractivity contribution in [3.63, 3.8) is 0 Å². The summed E-state index contributed by atoms with van der Waals surface area (Å²) in [6, 6.07) is 15.6. The number of hydrogen-bond acceptors (Lipinski definition) is 6. The van der Waals surface area contributed by atoms with Crippen LogP contribution in [0.2, 0.25) is 0 Å². The SMILES string of the molecule is COc1ccccc1N=c1scc(-c2ccco2)n1N=Cc1ccc(C)s1. The molecule has 4 aromatic rings. The molecule has 0 atom stereocenters. The second kappa shape index (κ2) is 7.77. The average Bonchev–Trinajstić information content (AvgIpc) is 3.42. The van der Waals surface area contributed by atoms with Gasteiger partial charge in [-0.15, -0.1) is 22.7 Å². The highest BCUT2D eigenvalue weighted by Crippen LogP contribution is 2.27. The third kappa shape index (κ3) is 3.79. The molecule has 7 heteroatoms. The van der Waals surface area contributed by atoms with Crippen LogP contribution in [0.25, 0.3) is 11.5 Å². The molecule has 0 amide bonds. The topological polar surface area (TPSA) is 52.0 Å². The van der Waals surface area contributed by atoms with Crippen molar-refractivity contribution in [1.29, 1.82) is 0 Å². The molecule has 3 aromatic heterocycles. The van der Waals surface area contributed by atoms with Crippen LogP contribution in [0.4, 0.5) is 5.69 Å². The Hall–Kier alpha value is -2.90. The molecule has 0 N–H and O–H groups in total. The van der Waals surface area contributed by atoms with Gasteiger partial charge in [-0.25, -0.2) is 9.67 Å². The second-order valence-electron chi connectivity index (χ2n) is 5.67. The number of benzene rings is 1. The predicted molar refractivity (Wildman–Crippen MR) is 110 cm³/mol. The first-order valence-electron chi connectivity index (χ1n) is 8.27. The van der Waals surface area contributed by atoms with Crippen LogP contribution in [0.3, 0.4) is 0 Å². The van der Waals surface area contributed by atoms with Crippen molar-refractivity contribution < 1.29 is 9.15 Å². The number of nitrogens with zero attached hydrogens (tertiary/aromatic N) is 3. The number of furan rings is 1. The number of para-hydroxylation sites is 2. The summed E-state index contributed by atoms with van der Waals surface area (Å²) in [6.45, 7) is 2.08. The second-order valence-corrected chi connectivity index (χ2v) is 7.83. The first kappa shape index (κ1) is 17.5. The Morgan fingerprint density at radius 1 is 1.11 bits per heavy atom. The molecule has 0 unspecified atom stereocenters. The van der Waals surface area contributed by atoms with Crippen LogP contribution in [-0.2, 0) is 0 Å². The summed E-state index contributed by atoms with van der Waals surface area (Å²) in [4.78, 5) is 7.83. The smallest absolute Gasteiger partial charge is 0.211 e. The van der Waals surface area contributed by atoms with E-state index >= 15 is 0 Å². The average molecular weight is 396 g/mol. The third-order valence-corrected chi connectivity index (χ3v) is 5.57. The van der Waals surface area contributed by atoms with Gasteiger partial charge in [0.2, 0.25) is 4.80 Å². The highest BCUT2D eigenvalue weighted by Gasteiger charge is 2.11. The Morgan fingerprint density at radius 3 is 2.74 bits per heavy atom. The van der Waals surface area contributed by atoms with E-state index < -0.39 is 0 Å². The van der Waals surface area contributed by atoms with Gasteiger partial charge in [-0.1, -0.05) is 12.1 Å². The summed E-state index contributed by atoms with van der Waals surface area (Å²) < 4.78 is 12.8. The Morgan fingerprint density at radius 2 is 2.00 bits per heavy atom. The Balaban J connectivity index is 1.84. The number of thiazole rings is 1. The van der Waals surface area contributed by atoms with E-state index in [1.54, 1.807) is 29.4 Å². The molecular weight excluding hydrogens is 378 g/mol. The van der Waals surface area contributed by atoms with Gasteiger partial charge in [0.25, 0.3) is 0 Å². The van der Waals surface area contributed by atoms with Crippen LogP contribution in [0.15, 0.2) is 74.7 Å². The molecule has 4 rings (SSSR count). The van der Waals surface area contributed by atoms with Crippen molar-refractivity contribution in [1.82, 2.24) is 4.68 Å². The Bertz CT molecular complexity index is 1130. The highest BCUT2D eigenvalue weighted by molar-refractivity contribution is 7.13. The van der Waals surface area contributed by atoms with Gasteiger partial charge < -0.3 is 9.15 Å². The molecule has 0 aliphatic heterocycles. The van der Waals surface area contributed by atoms with Crippen LogP contribution in [0, 0.1) is 6.92 Å². The molecule has 3 heterocycles. The van der Waals surface area contributed by atoms with E-state index in [0.29, 0.717) is 0 Å². The third-order valence-electron chi connectivity index (χ3n) is 3.82. The summed E-state index contributed by atoms with van der Waals surface area (Å²) >= 11 is 3.19. The number of rotatable bonds is 5. The number of methoxy groups -OCH3 is 1. The zero-order chi connectivity index (χ0) is 18.6. The summed E-state index contributed by atoms with van der Waals surface area (Å²) in [5, 5.41) is 6.67. The van der Waals surface area contributed by atoms with Gasteiger partial charge in [-0.2, -0.15) is 5.10 Å². The lowest BCUT2D eigenvalue weighted by atomic mass is 10.3. The van der Waals surface area contributed by atoms with Gasteiger partial charge in [0.15, 0.2) is 5.76 Å². The highest BCUT2D eigenvalue weighted by atomic mass is 32.1. The monoisotopic (exact) mass is 395 g/mol. The number of hydrogen-bond donors (Lipinski definition) is 0. The van der Waals surface area contributed by atoms with E-state index in [9.17, 15) is 0 Å². The Labute approximate surface area is 164 Å². The molecule has 0 saturated carbocycles. The fraction of sp³-hybridized carbons (Fsp3) is 0.100. The number of thiophene rings is 1. The van der Waals surface area contributed by atoms with E-state index in [1.807, 2.05) is 48.0 Å². The molecule has 0 radical (unpaired) electrons. The summed E-state index contributed by atoms with van der Waals surface area (Å²) in [7, 11) is 1.64. The standard InChI is InChI=1S/C20H17N3O2S2/c1-14-9-10-15(27-14)12-21-23-17(19-8-5-11-25-19)13-26-20(23)22-16-6-3-4-7-18(16)24-2/h3-13H,1-2H3. The minimum Gasteiger partial charge on any atom is -0.494 e. The van der Waals surface area contributed by atoms with Crippen LogP contribution in [-0.4, -0.2) is 18.0 Å². The van der Waals surface area contributed by atoms with Crippen molar-refractivity contribution >= 4 is 34.6 Å². The molecule has 136 valence electrons. The largest absolute Gasteiger partial charge is 0.494 e. The van der Waals surface area contributed by atoms with E-state index in [0.717, 1.165) is 32.6 Å². The van der Waals surface area contributed by atoms with Crippen molar-refractivity contribution in [3.8, 4) is 17.2 Å². The van der Waals surface area contributed by atoms with Crippen molar-refractivity contribution in [2.45, 2.75) is 6.92 Å². The van der Waals surface area contributed by atoms with Crippen LogP contribution in [0.1, 0.15) is 9.75 Å². The molecule has 0 aliphatic carbocycles. The van der Waals surface area contributed by atoms with Crippen molar-refractivity contribution in [2.75, 3.05) is 7.11 Å². The fourth-order valence-electron chi connectivity index (χ4n) is 2.55. The number of aromatic nitrogens is 1. The maximum Gasteiger partial charge on any atom is 0.211 e. The summed E-state index contributed by atoms with van der Waals surface area (Å²) in [5.74, 6) is 1.46. The van der Waals surface area contributed by atoms with E-state index in [2.05, 4.69) is 24.2 Å². The molecule has 0 fully saturated rings. The molecule has 0 spiro atoms. The van der Waals surface area contributed by atoms with Crippen molar-refractivity contribution in [2.24, 2.45) is 10.1 Å². The maximum atomic E-state index is 5.57. The normalized spacial score (nSPS) is 12.1. The van der Waals surface area contributed by atoms with Crippen LogP contribution < -0.4 is 9.54 Å². The van der Waals surface area contributed by atoms with Gasteiger partial charge in [0.1, 0.15) is 17.1 Å². The fourth-order valence-corrected chi connectivity index (χ4v) is 4.12. The van der Waals surface area contributed by atoms with Crippen molar-refractivity contribution in [3.05, 3.63) is 74.7 Å². The quantitative estimate of drug-likeness (QED) is 0.430. The zero-order valence-electron chi connectivity index (χ0n) is 14.8. The van der Waals surface area contributed by atoms with E-state index in [1.165, 1.54) is 16.2 Å². The first-order chi connectivity index (χ1) is 13.2. The van der Waals surface area contributed by atoms with Gasteiger partial charge in [0.05, 0.1) is 19.6 Å². The summed E-state index contributed by atoms with van der Waals surface area (Å²) in [6.07, 6.45) is 3.50. The molecule has 0 bridgehead atoms. The minimum atomic E-state index is 0.717. The lowest BCUT2D eigenvalue weighted by Crippen LogP contribution is -2.11. The van der Waals surface area contributed by atoms with Gasteiger partial charge in [0, 0.05) is 15.1 Å². The van der Waals surface area contributed by atoms with Crippen LogP contribution in [0.5, 0.6) is 5.75 Å². The zero-order valence-corrected chi connectivity index (χ0v) is 16.5. The molecule has 27 heavy (non-hydrogen) atoms. The van der Waals surface area contributed by atoms with E-state index in [4.69, 9.17) is 14.1 Å². The number of ether oxygens (including phenoxy) is 1. The van der Waals surface area contributed by atoms with Crippen LogP contribution >= 0.6 is 22.7 Å². The molecule has 1 aromatic carbocycles. The lowest BCUT2D eigenvalue weighted by molar-refractivity contribution is 0.416. The molecular formula is C20H17N3O2S2. The minimum absolute atomic E-state index is 0.717. The summed E-state index contributed by atoms with van der Waals surface area (Å²) in [5.41, 5.74) is 1.60. The molecule has 5 nitrogen and oxygen atoms in total. The maximum absolute atomic E-state index is 5.57. The van der Waals surface area contributed by atoms with E-state index in [-0.39, 0.29) is 0 Å². The number of aryl methyl sites for hydroxylation is 1. The first-order valence-corrected chi connectivity index (χ1v) is 9.97. The van der Waals surface area contributed by atoms with Gasteiger partial charge in [-0.3, -0.25) is 0 Å². The van der Waals surface area contributed by atoms with Gasteiger partial charge >= 0.3 is 0 Å².